The maximum absolute atomic E-state index is 13.9. The van der Waals surface area contributed by atoms with E-state index in [0.717, 1.165) is 31.4 Å². The second-order valence-corrected chi connectivity index (χ2v) is 6.46. The quantitative estimate of drug-likeness (QED) is 0.313. The van der Waals surface area contributed by atoms with E-state index in [1.54, 1.807) is 0 Å². The number of rotatable bonds is 7. The Hall–Kier alpha value is -2.44. The zero-order chi connectivity index (χ0) is 19.3. The largest absolute Gasteiger partial charge is 0.490 e. The van der Waals surface area contributed by atoms with Gasteiger partial charge in [0.15, 0.2) is 11.6 Å². The van der Waals surface area contributed by atoms with Gasteiger partial charge in [-0.05, 0) is 30.2 Å². The molecule has 26 heavy (non-hydrogen) atoms. The van der Waals surface area contributed by atoms with Crippen molar-refractivity contribution in [1.29, 1.82) is 0 Å². The Balaban J connectivity index is 2.19. The van der Waals surface area contributed by atoms with Crippen molar-refractivity contribution in [2.24, 2.45) is 0 Å². The van der Waals surface area contributed by atoms with Gasteiger partial charge in [0.1, 0.15) is 5.57 Å². The van der Waals surface area contributed by atoms with Crippen molar-refractivity contribution in [2.45, 2.75) is 52.2 Å². The highest BCUT2D eigenvalue weighted by molar-refractivity contribution is 6.18. The summed E-state index contributed by atoms with van der Waals surface area (Å²) in [7, 11) is 0. The summed E-state index contributed by atoms with van der Waals surface area (Å²) in [4.78, 5) is 23.9. The predicted octanol–water partition coefficient (Wildman–Crippen LogP) is 4.14. The van der Waals surface area contributed by atoms with Crippen LogP contribution in [-0.4, -0.2) is 24.3 Å². The molecule has 5 nitrogen and oxygen atoms in total. The summed E-state index contributed by atoms with van der Waals surface area (Å²) >= 11 is 0. The summed E-state index contributed by atoms with van der Waals surface area (Å²) in [5.74, 6) is -5.67. The Bertz CT molecular complexity index is 703. The van der Waals surface area contributed by atoms with Crippen molar-refractivity contribution in [2.75, 3.05) is 6.61 Å². The molecule has 0 aliphatic carbocycles. The zero-order valence-electron chi connectivity index (χ0n) is 15.1. The molecule has 7 heteroatoms. The van der Waals surface area contributed by atoms with E-state index in [1.165, 1.54) is 19.9 Å². The third-order valence-electron chi connectivity index (χ3n) is 3.70. The number of ether oxygens (including phenoxy) is 3. The fraction of sp³-hybridized carbons (Fsp3) is 0.474. The van der Waals surface area contributed by atoms with Crippen LogP contribution in [0.1, 0.15) is 52.0 Å². The van der Waals surface area contributed by atoms with Crippen molar-refractivity contribution in [3.8, 4) is 5.75 Å². The van der Waals surface area contributed by atoms with Crippen LogP contribution >= 0.6 is 0 Å². The third kappa shape index (κ3) is 5.03. The number of benzene rings is 1. The molecule has 1 fully saturated rings. The highest BCUT2D eigenvalue weighted by atomic mass is 19.2. The highest BCUT2D eigenvalue weighted by Gasteiger charge is 2.38. The van der Waals surface area contributed by atoms with Gasteiger partial charge in [-0.15, -0.1) is 0 Å². The summed E-state index contributed by atoms with van der Waals surface area (Å²) in [5, 5.41) is 0. The van der Waals surface area contributed by atoms with Gasteiger partial charge in [-0.25, -0.2) is 14.0 Å². The van der Waals surface area contributed by atoms with Crippen molar-refractivity contribution >= 4 is 18.0 Å². The zero-order valence-corrected chi connectivity index (χ0v) is 15.1. The maximum Gasteiger partial charge on any atom is 0.348 e. The van der Waals surface area contributed by atoms with Gasteiger partial charge in [0.2, 0.25) is 5.82 Å². The van der Waals surface area contributed by atoms with Crippen LogP contribution in [-0.2, 0) is 19.1 Å². The highest BCUT2D eigenvalue weighted by Crippen LogP contribution is 2.27. The summed E-state index contributed by atoms with van der Waals surface area (Å²) in [6, 6.07) is 2.10. The van der Waals surface area contributed by atoms with Crippen LogP contribution in [0.25, 0.3) is 6.08 Å². The van der Waals surface area contributed by atoms with Gasteiger partial charge in [0.05, 0.1) is 6.61 Å². The summed E-state index contributed by atoms with van der Waals surface area (Å²) in [5.41, 5.74) is -0.305. The Morgan fingerprint density at radius 1 is 1.08 bits per heavy atom. The van der Waals surface area contributed by atoms with Crippen molar-refractivity contribution in [3.05, 3.63) is 34.9 Å². The first-order chi connectivity index (χ1) is 12.2. The van der Waals surface area contributed by atoms with Gasteiger partial charge < -0.3 is 14.2 Å². The van der Waals surface area contributed by atoms with Gasteiger partial charge >= 0.3 is 11.9 Å². The lowest BCUT2D eigenvalue weighted by molar-refractivity contribution is -0.222. The first-order valence-electron chi connectivity index (χ1n) is 8.53. The molecule has 2 rings (SSSR count). The van der Waals surface area contributed by atoms with E-state index in [2.05, 4.69) is 6.92 Å². The molecular formula is C19H22F2O5. The van der Waals surface area contributed by atoms with Crippen LogP contribution in [0.3, 0.4) is 0 Å². The van der Waals surface area contributed by atoms with Crippen LogP contribution in [0.2, 0.25) is 0 Å². The predicted molar refractivity (Wildman–Crippen MR) is 90.2 cm³/mol. The number of esters is 2. The van der Waals surface area contributed by atoms with Crippen LogP contribution in [0.5, 0.6) is 5.75 Å². The molecule has 0 spiro atoms. The number of halogens is 2. The fourth-order valence-electron chi connectivity index (χ4n) is 2.43. The third-order valence-corrected chi connectivity index (χ3v) is 3.70. The minimum atomic E-state index is -1.37. The smallest absolute Gasteiger partial charge is 0.348 e. The van der Waals surface area contributed by atoms with Crippen molar-refractivity contribution in [1.82, 2.24) is 0 Å². The average Bonchev–Trinajstić information content (AvgIpc) is 2.54. The molecule has 0 unspecified atom stereocenters. The molecule has 1 aliphatic rings. The molecule has 0 bridgehead atoms. The summed E-state index contributed by atoms with van der Waals surface area (Å²) in [6.07, 6.45) is 4.82. The standard InChI is InChI=1S/C19H22F2O5/c1-4-5-6-7-8-24-15-11-12(10-14(20)16(15)21)9-13-17(22)25-19(2,3)26-18(13)23/h9-11H,4-8H2,1-3H3. The van der Waals surface area contributed by atoms with E-state index in [9.17, 15) is 18.4 Å². The van der Waals surface area contributed by atoms with Crippen LogP contribution in [0.15, 0.2) is 17.7 Å². The summed E-state index contributed by atoms with van der Waals surface area (Å²) < 4.78 is 42.9. The molecule has 0 radical (unpaired) electrons. The number of unbranched alkanes of at least 4 members (excludes halogenated alkanes) is 3. The lowest BCUT2D eigenvalue weighted by Gasteiger charge is -2.29. The topological polar surface area (TPSA) is 61.8 Å². The SMILES string of the molecule is CCCCCCOc1cc(C=C2C(=O)OC(C)(C)OC2=O)cc(F)c1F. The minimum absolute atomic E-state index is 0.0936. The van der Waals surface area contributed by atoms with Gasteiger partial charge in [-0.2, -0.15) is 4.39 Å². The molecule has 1 heterocycles. The number of hydrogen-bond acceptors (Lipinski definition) is 5. The Morgan fingerprint density at radius 2 is 1.73 bits per heavy atom. The Kier molecular flexibility index (Phi) is 6.34. The van der Waals surface area contributed by atoms with E-state index in [4.69, 9.17) is 14.2 Å². The van der Waals surface area contributed by atoms with E-state index in [1.807, 2.05) is 0 Å². The number of carbonyl (C=O) groups is 2. The maximum atomic E-state index is 13.9. The Labute approximate surface area is 150 Å². The van der Waals surface area contributed by atoms with Gasteiger partial charge in [-0.1, -0.05) is 26.2 Å². The van der Waals surface area contributed by atoms with Crippen molar-refractivity contribution < 1.29 is 32.6 Å². The van der Waals surface area contributed by atoms with E-state index in [-0.39, 0.29) is 17.9 Å². The Morgan fingerprint density at radius 3 is 2.35 bits per heavy atom. The fourth-order valence-corrected chi connectivity index (χ4v) is 2.43. The van der Waals surface area contributed by atoms with E-state index >= 15 is 0 Å². The molecule has 1 aliphatic heterocycles. The van der Waals surface area contributed by atoms with Crippen molar-refractivity contribution in [3.63, 3.8) is 0 Å². The summed E-state index contributed by atoms with van der Waals surface area (Å²) in [6.45, 7) is 5.15. The molecule has 142 valence electrons. The van der Waals surface area contributed by atoms with Gasteiger partial charge in [0.25, 0.3) is 5.79 Å². The normalized spacial score (nSPS) is 16.1. The number of hydrogen-bond donors (Lipinski definition) is 0. The number of carbonyl (C=O) groups excluding carboxylic acids is 2. The minimum Gasteiger partial charge on any atom is -0.490 e. The second-order valence-electron chi connectivity index (χ2n) is 6.46. The molecule has 0 amide bonds. The molecule has 1 saturated heterocycles. The second kappa shape index (κ2) is 8.29. The lowest BCUT2D eigenvalue weighted by atomic mass is 10.1. The first kappa shape index (κ1) is 19.9. The monoisotopic (exact) mass is 368 g/mol. The molecule has 0 saturated carbocycles. The molecule has 1 aromatic rings. The van der Waals surface area contributed by atoms with Crippen LogP contribution in [0, 0.1) is 11.6 Å². The lowest BCUT2D eigenvalue weighted by Crippen LogP contribution is -2.41. The van der Waals surface area contributed by atoms with Gasteiger partial charge in [0, 0.05) is 13.8 Å². The molecule has 0 aromatic heterocycles. The molecule has 0 N–H and O–H groups in total. The van der Waals surface area contributed by atoms with Gasteiger partial charge in [-0.3, -0.25) is 0 Å². The van der Waals surface area contributed by atoms with E-state index in [0.29, 0.717) is 6.42 Å². The van der Waals surface area contributed by atoms with Crippen LogP contribution in [0.4, 0.5) is 8.78 Å². The average molecular weight is 368 g/mol. The van der Waals surface area contributed by atoms with E-state index < -0.39 is 34.9 Å². The molecule has 0 atom stereocenters. The first-order valence-corrected chi connectivity index (χ1v) is 8.53. The number of cyclic esters (lactones) is 2. The molecule has 1 aromatic carbocycles. The van der Waals surface area contributed by atoms with Crippen LogP contribution < -0.4 is 4.74 Å². The molecular weight excluding hydrogens is 346 g/mol.